The van der Waals surface area contributed by atoms with Crippen LogP contribution in [0, 0.1) is 0 Å². The van der Waals surface area contributed by atoms with E-state index in [1.165, 1.54) is 23.6 Å². The first kappa shape index (κ1) is 27.9. The summed E-state index contributed by atoms with van der Waals surface area (Å²) in [6.07, 6.45) is -0.646. The molecule has 2 heterocycles. The average molecular weight is 569 g/mol. The topological polar surface area (TPSA) is 102 Å². The molecule has 1 fully saturated rings. The first-order valence-electron chi connectivity index (χ1n) is 13.0. The lowest BCUT2D eigenvalue weighted by Crippen LogP contribution is -2.70. The van der Waals surface area contributed by atoms with Crippen LogP contribution in [0.5, 0.6) is 0 Å². The molecule has 2 amide bonds. The van der Waals surface area contributed by atoms with Crippen LogP contribution in [-0.2, 0) is 35.1 Å². The Balaban J connectivity index is 1.43. The lowest BCUT2D eigenvalue weighted by Gasteiger charge is -2.50. The highest BCUT2D eigenvalue weighted by molar-refractivity contribution is 8.04. The second-order valence-corrected chi connectivity index (χ2v) is 10.8. The second kappa shape index (κ2) is 12.3. The molecule has 3 aromatic carbocycles. The zero-order valence-electron chi connectivity index (χ0n) is 22.3. The molecule has 1 unspecified atom stereocenters. The SMILES string of the molecule is C=C1S[C@H]2C(NC(=O)Cc3ccccc3)C(=O)N2C(C(=O)OC(c2ccccc2)c2ccccc2)=C1COC(C)=O. The van der Waals surface area contributed by atoms with Crippen LogP contribution in [0.15, 0.2) is 114 Å². The van der Waals surface area contributed by atoms with Crippen LogP contribution in [0.1, 0.15) is 29.7 Å². The number of benzene rings is 3. The van der Waals surface area contributed by atoms with E-state index in [0.717, 1.165) is 16.7 Å². The molecule has 5 rings (SSSR count). The summed E-state index contributed by atoms with van der Waals surface area (Å²) in [6.45, 7) is 5.08. The van der Waals surface area contributed by atoms with Crippen molar-refractivity contribution in [2.45, 2.75) is 30.9 Å². The Morgan fingerprint density at radius 1 is 0.927 bits per heavy atom. The van der Waals surface area contributed by atoms with Crippen molar-refractivity contribution >= 4 is 35.5 Å². The van der Waals surface area contributed by atoms with E-state index in [-0.39, 0.29) is 30.2 Å². The molecule has 2 atom stereocenters. The Morgan fingerprint density at radius 2 is 1.49 bits per heavy atom. The molecule has 1 saturated heterocycles. The Kier molecular flexibility index (Phi) is 8.35. The molecule has 41 heavy (non-hydrogen) atoms. The highest BCUT2D eigenvalue weighted by Gasteiger charge is 2.55. The van der Waals surface area contributed by atoms with E-state index >= 15 is 0 Å². The molecule has 0 bridgehead atoms. The van der Waals surface area contributed by atoms with Gasteiger partial charge in [-0.15, -0.1) is 0 Å². The van der Waals surface area contributed by atoms with Gasteiger partial charge in [-0.2, -0.15) is 0 Å². The van der Waals surface area contributed by atoms with Crippen LogP contribution in [0.3, 0.4) is 0 Å². The highest BCUT2D eigenvalue weighted by Crippen LogP contribution is 2.46. The van der Waals surface area contributed by atoms with Gasteiger partial charge >= 0.3 is 11.9 Å². The van der Waals surface area contributed by atoms with Gasteiger partial charge in [0.2, 0.25) is 5.91 Å². The summed E-state index contributed by atoms with van der Waals surface area (Å²) in [5.74, 6) is -2.08. The molecule has 8 nitrogen and oxygen atoms in total. The highest BCUT2D eigenvalue weighted by atomic mass is 32.2. The lowest BCUT2D eigenvalue weighted by molar-refractivity contribution is -0.154. The van der Waals surface area contributed by atoms with Gasteiger partial charge in [-0.05, 0) is 16.7 Å². The minimum atomic E-state index is -0.856. The number of esters is 2. The third-order valence-electron chi connectivity index (χ3n) is 6.74. The maximum Gasteiger partial charge on any atom is 0.356 e. The first-order chi connectivity index (χ1) is 19.8. The van der Waals surface area contributed by atoms with Crippen molar-refractivity contribution in [3.05, 3.63) is 130 Å². The van der Waals surface area contributed by atoms with Crippen LogP contribution in [0.2, 0.25) is 0 Å². The van der Waals surface area contributed by atoms with Gasteiger partial charge in [0.25, 0.3) is 5.91 Å². The van der Waals surface area contributed by atoms with Gasteiger partial charge in [-0.1, -0.05) is 109 Å². The molecular weight excluding hydrogens is 540 g/mol. The zero-order valence-corrected chi connectivity index (χ0v) is 23.1. The number of carbonyl (C=O) groups is 4. The first-order valence-corrected chi connectivity index (χ1v) is 13.9. The van der Waals surface area contributed by atoms with Gasteiger partial charge < -0.3 is 14.8 Å². The number of hydrogen-bond donors (Lipinski definition) is 1. The van der Waals surface area contributed by atoms with Crippen LogP contribution in [0.25, 0.3) is 0 Å². The van der Waals surface area contributed by atoms with E-state index < -0.39 is 35.4 Å². The third-order valence-corrected chi connectivity index (χ3v) is 7.99. The normalized spacial score (nSPS) is 18.0. The molecule has 0 aromatic heterocycles. The van der Waals surface area contributed by atoms with Crippen molar-refractivity contribution in [3.63, 3.8) is 0 Å². The van der Waals surface area contributed by atoms with Crippen molar-refractivity contribution < 1.29 is 28.7 Å². The Hall–Kier alpha value is -4.63. The van der Waals surface area contributed by atoms with E-state index in [1.54, 1.807) is 0 Å². The van der Waals surface area contributed by atoms with E-state index in [9.17, 15) is 19.2 Å². The van der Waals surface area contributed by atoms with Crippen molar-refractivity contribution in [1.29, 1.82) is 0 Å². The van der Waals surface area contributed by atoms with Crippen LogP contribution < -0.4 is 5.32 Å². The number of nitrogens with one attached hydrogen (secondary N) is 1. The standard InChI is InChI=1S/C32H28N2O6S/c1-20-25(19-39-21(2)35)28(32(38)40-29(23-14-8-4-9-15-23)24-16-10-5-11-17-24)34-30(37)27(31(34)41-20)33-26(36)18-22-12-6-3-7-13-22/h3-17,27,29,31H,1,18-19H2,2H3,(H,33,36)/t27?,31-/m0/s1. The lowest BCUT2D eigenvalue weighted by atomic mass is 10.00. The molecule has 2 aliphatic rings. The molecule has 0 aliphatic carbocycles. The number of carbonyl (C=O) groups excluding carboxylic acids is 4. The smallest absolute Gasteiger partial charge is 0.356 e. The van der Waals surface area contributed by atoms with Gasteiger partial charge in [-0.25, -0.2) is 4.79 Å². The molecule has 0 radical (unpaired) electrons. The minimum Gasteiger partial charge on any atom is -0.461 e. The predicted octanol–water partition coefficient (Wildman–Crippen LogP) is 4.29. The molecule has 9 heteroatoms. The maximum absolute atomic E-state index is 13.9. The Bertz CT molecular complexity index is 1470. The molecule has 1 N–H and O–H groups in total. The van der Waals surface area contributed by atoms with E-state index in [2.05, 4.69) is 11.9 Å². The fourth-order valence-corrected chi connectivity index (χ4v) is 5.97. The van der Waals surface area contributed by atoms with Crippen molar-refractivity contribution in [3.8, 4) is 0 Å². The van der Waals surface area contributed by atoms with Gasteiger partial charge in [0.1, 0.15) is 23.7 Å². The maximum atomic E-state index is 13.9. The fourth-order valence-electron chi connectivity index (χ4n) is 4.75. The largest absolute Gasteiger partial charge is 0.461 e. The molecule has 0 spiro atoms. The number of hydrogen-bond acceptors (Lipinski definition) is 7. The minimum absolute atomic E-state index is 0.0459. The Morgan fingerprint density at radius 3 is 2.05 bits per heavy atom. The molecule has 0 saturated carbocycles. The number of amides is 2. The van der Waals surface area contributed by atoms with Crippen LogP contribution in [-0.4, -0.2) is 46.7 Å². The van der Waals surface area contributed by atoms with Crippen molar-refractivity contribution in [2.24, 2.45) is 0 Å². The van der Waals surface area contributed by atoms with E-state index in [4.69, 9.17) is 9.47 Å². The Labute approximate surface area is 242 Å². The predicted molar refractivity (Wildman–Crippen MR) is 154 cm³/mol. The van der Waals surface area contributed by atoms with Crippen molar-refractivity contribution in [1.82, 2.24) is 10.2 Å². The van der Waals surface area contributed by atoms with E-state index in [1.807, 2.05) is 91.0 Å². The summed E-state index contributed by atoms with van der Waals surface area (Å²) in [7, 11) is 0. The number of rotatable bonds is 9. The van der Waals surface area contributed by atoms with Gasteiger partial charge in [0.15, 0.2) is 6.10 Å². The summed E-state index contributed by atoms with van der Waals surface area (Å²) >= 11 is 1.23. The zero-order chi connectivity index (χ0) is 28.9. The average Bonchev–Trinajstić information content (AvgIpc) is 2.98. The summed E-state index contributed by atoms with van der Waals surface area (Å²) < 4.78 is 11.3. The fraction of sp³-hybridized carbons (Fsp3) is 0.188. The third kappa shape index (κ3) is 6.10. The number of thioether (sulfide) groups is 1. The molecule has 3 aromatic rings. The monoisotopic (exact) mass is 568 g/mol. The number of fused-ring (bicyclic) bond motifs is 1. The summed E-state index contributed by atoms with van der Waals surface area (Å²) in [4.78, 5) is 53.5. The summed E-state index contributed by atoms with van der Waals surface area (Å²) in [5.41, 5.74) is 2.55. The number of nitrogens with zero attached hydrogens (tertiary/aromatic N) is 1. The van der Waals surface area contributed by atoms with Crippen LogP contribution in [0.4, 0.5) is 0 Å². The summed E-state index contributed by atoms with van der Waals surface area (Å²) in [6, 6.07) is 26.9. The molecule has 2 aliphatic heterocycles. The molecule has 208 valence electrons. The quantitative estimate of drug-likeness (QED) is 0.304. The molecular formula is C32H28N2O6S. The van der Waals surface area contributed by atoms with E-state index in [0.29, 0.717) is 4.91 Å². The van der Waals surface area contributed by atoms with Crippen molar-refractivity contribution in [2.75, 3.05) is 6.61 Å². The number of β-lactam (4-membered cyclic amide) rings is 1. The van der Waals surface area contributed by atoms with Gasteiger partial charge in [0, 0.05) is 17.4 Å². The van der Waals surface area contributed by atoms with Gasteiger partial charge in [0.05, 0.1) is 6.42 Å². The number of ether oxygens (including phenoxy) is 2. The second-order valence-electron chi connectivity index (χ2n) is 9.56. The van der Waals surface area contributed by atoms with Gasteiger partial charge in [-0.3, -0.25) is 19.3 Å². The summed E-state index contributed by atoms with van der Waals surface area (Å²) in [5, 5.41) is 2.19. The van der Waals surface area contributed by atoms with Crippen LogP contribution >= 0.6 is 11.8 Å².